The van der Waals surface area contributed by atoms with Crippen molar-refractivity contribution in [2.45, 2.75) is 58.0 Å². The third kappa shape index (κ3) is 2.96. The largest absolute Gasteiger partial charge is 0.462 e. The molecule has 1 saturated carbocycles. The molecule has 0 amide bonds. The molecule has 2 aromatic heterocycles. The zero-order chi connectivity index (χ0) is 13.9. The van der Waals surface area contributed by atoms with Crippen molar-refractivity contribution < 1.29 is 4.42 Å². The van der Waals surface area contributed by atoms with Gasteiger partial charge in [0.1, 0.15) is 0 Å². The summed E-state index contributed by atoms with van der Waals surface area (Å²) in [4.78, 5) is 6.14. The first kappa shape index (κ1) is 13.8. The van der Waals surface area contributed by atoms with Crippen molar-refractivity contribution in [1.82, 2.24) is 10.3 Å². The van der Waals surface area contributed by atoms with E-state index in [9.17, 15) is 0 Å². The molecule has 0 aliphatic heterocycles. The highest BCUT2D eigenvalue weighted by atomic mass is 32.1. The van der Waals surface area contributed by atoms with E-state index in [1.807, 2.05) is 12.1 Å². The topological polar surface area (TPSA) is 38.1 Å². The second kappa shape index (κ2) is 6.10. The lowest BCUT2D eigenvalue weighted by atomic mass is 10.1. The Hall–Kier alpha value is -1.13. The summed E-state index contributed by atoms with van der Waals surface area (Å²) in [7, 11) is 0. The van der Waals surface area contributed by atoms with Gasteiger partial charge >= 0.3 is 0 Å². The molecule has 0 bridgehead atoms. The molecule has 0 saturated heterocycles. The second-order valence-electron chi connectivity index (χ2n) is 5.82. The lowest BCUT2D eigenvalue weighted by Gasteiger charge is -2.12. The predicted octanol–water partition coefficient (Wildman–Crippen LogP) is 4.56. The van der Waals surface area contributed by atoms with Crippen molar-refractivity contribution in [3.63, 3.8) is 0 Å². The van der Waals surface area contributed by atoms with Crippen LogP contribution < -0.4 is 5.32 Å². The Balaban J connectivity index is 1.77. The van der Waals surface area contributed by atoms with Crippen LogP contribution >= 0.6 is 11.3 Å². The number of aromatic nitrogens is 1. The van der Waals surface area contributed by atoms with Crippen molar-refractivity contribution >= 4 is 11.3 Å². The Morgan fingerprint density at radius 2 is 2.20 bits per heavy atom. The van der Waals surface area contributed by atoms with Gasteiger partial charge in [0.25, 0.3) is 0 Å². The summed E-state index contributed by atoms with van der Waals surface area (Å²) in [6.45, 7) is 5.36. The van der Waals surface area contributed by atoms with E-state index in [0.29, 0.717) is 12.0 Å². The van der Waals surface area contributed by atoms with Crippen LogP contribution in [-0.4, -0.2) is 11.0 Å². The van der Waals surface area contributed by atoms with Crippen LogP contribution in [0.25, 0.3) is 10.8 Å². The second-order valence-corrected chi connectivity index (χ2v) is 6.91. The molecule has 1 aliphatic carbocycles. The number of nitrogens with one attached hydrogen (secondary N) is 1. The molecule has 0 spiro atoms. The predicted molar refractivity (Wildman–Crippen MR) is 83.0 cm³/mol. The summed E-state index contributed by atoms with van der Waals surface area (Å²) in [5.74, 6) is 1.33. The lowest BCUT2D eigenvalue weighted by Crippen LogP contribution is -2.25. The highest BCUT2D eigenvalue weighted by Gasteiger charge is 2.19. The van der Waals surface area contributed by atoms with Crippen LogP contribution in [-0.2, 0) is 6.54 Å². The molecule has 2 heterocycles. The molecule has 3 rings (SSSR count). The van der Waals surface area contributed by atoms with Crippen LogP contribution in [0.4, 0.5) is 0 Å². The fourth-order valence-electron chi connectivity index (χ4n) is 2.81. The molecule has 2 aromatic rings. The van der Waals surface area contributed by atoms with Gasteiger partial charge in [-0.25, -0.2) is 4.98 Å². The summed E-state index contributed by atoms with van der Waals surface area (Å²) in [6.07, 6.45) is 7.09. The van der Waals surface area contributed by atoms with Gasteiger partial charge in [0, 0.05) is 17.5 Å². The SMILES string of the molecule is CC(C)c1nc(-c2ccco2)sc1CNC1CCCC1. The zero-order valence-electron chi connectivity index (χ0n) is 12.2. The first-order valence-corrected chi connectivity index (χ1v) is 8.32. The highest BCUT2D eigenvalue weighted by molar-refractivity contribution is 7.15. The van der Waals surface area contributed by atoms with Crippen molar-refractivity contribution in [2.24, 2.45) is 0 Å². The van der Waals surface area contributed by atoms with E-state index in [1.165, 1.54) is 36.3 Å². The van der Waals surface area contributed by atoms with Gasteiger partial charge in [0.05, 0.1) is 12.0 Å². The Morgan fingerprint density at radius 1 is 1.40 bits per heavy atom. The molecule has 4 heteroatoms. The Kier molecular flexibility index (Phi) is 4.22. The Bertz CT molecular complexity index is 539. The third-order valence-electron chi connectivity index (χ3n) is 3.91. The number of furan rings is 1. The molecule has 0 atom stereocenters. The van der Waals surface area contributed by atoms with Gasteiger partial charge in [-0.05, 0) is 30.9 Å². The maximum absolute atomic E-state index is 5.47. The Labute approximate surface area is 124 Å². The standard InChI is InChI=1S/C16H22N2OS/c1-11(2)15-14(10-17-12-6-3-4-7-12)20-16(18-15)13-8-5-9-19-13/h5,8-9,11-12,17H,3-4,6-7,10H2,1-2H3. The van der Waals surface area contributed by atoms with Crippen LogP contribution in [0.2, 0.25) is 0 Å². The highest BCUT2D eigenvalue weighted by Crippen LogP contribution is 2.32. The first-order chi connectivity index (χ1) is 9.74. The van der Waals surface area contributed by atoms with Gasteiger partial charge in [-0.3, -0.25) is 0 Å². The van der Waals surface area contributed by atoms with E-state index in [2.05, 4.69) is 19.2 Å². The zero-order valence-corrected chi connectivity index (χ0v) is 13.0. The van der Waals surface area contributed by atoms with Crippen molar-refractivity contribution in [1.29, 1.82) is 0 Å². The molecule has 1 N–H and O–H groups in total. The van der Waals surface area contributed by atoms with E-state index >= 15 is 0 Å². The smallest absolute Gasteiger partial charge is 0.162 e. The number of rotatable bonds is 5. The molecule has 1 aliphatic rings. The van der Waals surface area contributed by atoms with E-state index in [0.717, 1.165) is 17.3 Å². The average Bonchev–Trinajstić information content (AvgIpc) is 3.17. The van der Waals surface area contributed by atoms with E-state index < -0.39 is 0 Å². The average molecular weight is 290 g/mol. The minimum Gasteiger partial charge on any atom is -0.462 e. The lowest BCUT2D eigenvalue weighted by molar-refractivity contribution is 0.524. The van der Waals surface area contributed by atoms with Gasteiger partial charge < -0.3 is 9.73 Å². The van der Waals surface area contributed by atoms with Crippen LogP contribution in [0.1, 0.15) is 56.0 Å². The van der Waals surface area contributed by atoms with Crippen LogP contribution in [0.5, 0.6) is 0 Å². The molecular formula is C16H22N2OS. The number of thiazole rings is 1. The molecule has 20 heavy (non-hydrogen) atoms. The molecule has 0 aromatic carbocycles. The van der Waals surface area contributed by atoms with Crippen LogP contribution in [0, 0.1) is 0 Å². The van der Waals surface area contributed by atoms with Crippen molar-refractivity contribution in [3.05, 3.63) is 29.0 Å². The van der Waals surface area contributed by atoms with E-state index in [4.69, 9.17) is 9.40 Å². The van der Waals surface area contributed by atoms with Gasteiger partial charge in [-0.15, -0.1) is 11.3 Å². The van der Waals surface area contributed by atoms with E-state index in [-0.39, 0.29) is 0 Å². The molecule has 0 unspecified atom stereocenters. The Morgan fingerprint density at radius 3 is 2.85 bits per heavy atom. The summed E-state index contributed by atoms with van der Waals surface area (Å²) >= 11 is 1.76. The van der Waals surface area contributed by atoms with E-state index in [1.54, 1.807) is 17.6 Å². The molecule has 1 fully saturated rings. The van der Waals surface area contributed by atoms with Gasteiger partial charge in [0.2, 0.25) is 0 Å². The summed E-state index contributed by atoms with van der Waals surface area (Å²) in [6, 6.07) is 4.60. The molecular weight excluding hydrogens is 268 g/mol. The molecule has 3 nitrogen and oxygen atoms in total. The monoisotopic (exact) mass is 290 g/mol. The van der Waals surface area contributed by atoms with Crippen molar-refractivity contribution in [3.8, 4) is 10.8 Å². The normalized spacial score (nSPS) is 16.4. The van der Waals surface area contributed by atoms with Crippen molar-refractivity contribution in [2.75, 3.05) is 0 Å². The van der Waals surface area contributed by atoms with Crippen LogP contribution in [0.15, 0.2) is 22.8 Å². The van der Waals surface area contributed by atoms with Gasteiger partial charge in [-0.1, -0.05) is 26.7 Å². The summed E-state index contributed by atoms with van der Waals surface area (Å²) in [5.41, 5.74) is 1.21. The summed E-state index contributed by atoms with van der Waals surface area (Å²) < 4.78 is 5.47. The molecule has 108 valence electrons. The minimum absolute atomic E-state index is 0.454. The quantitative estimate of drug-likeness (QED) is 0.877. The maximum atomic E-state index is 5.47. The summed E-state index contributed by atoms with van der Waals surface area (Å²) in [5, 5.41) is 4.69. The first-order valence-electron chi connectivity index (χ1n) is 7.51. The molecule has 0 radical (unpaired) electrons. The number of nitrogens with zero attached hydrogens (tertiary/aromatic N) is 1. The fourth-order valence-corrected chi connectivity index (χ4v) is 3.95. The minimum atomic E-state index is 0.454. The third-order valence-corrected chi connectivity index (χ3v) is 5.00. The van der Waals surface area contributed by atoms with Crippen LogP contribution in [0.3, 0.4) is 0 Å². The van der Waals surface area contributed by atoms with Gasteiger partial charge in [0.15, 0.2) is 10.8 Å². The van der Waals surface area contributed by atoms with Gasteiger partial charge in [-0.2, -0.15) is 0 Å². The number of hydrogen-bond donors (Lipinski definition) is 1. The number of hydrogen-bond acceptors (Lipinski definition) is 4. The maximum Gasteiger partial charge on any atom is 0.162 e. The fraction of sp³-hybridized carbons (Fsp3) is 0.562.